The quantitative estimate of drug-likeness (QED) is 0.462. The van der Waals surface area contributed by atoms with Crippen molar-refractivity contribution in [3.8, 4) is 5.75 Å². The van der Waals surface area contributed by atoms with Crippen LogP contribution in [0.5, 0.6) is 5.75 Å². The van der Waals surface area contributed by atoms with E-state index in [9.17, 15) is 15.2 Å². The number of hydrogen-bond donors (Lipinski definition) is 2. The topological polar surface area (TPSA) is 117 Å². The Morgan fingerprint density at radius 1 is 1.43 bits per heavy atom. The molecule has 1 aliphatic rings. The van der Waals surface area contributed by atoms with Crippen LogP contribution < -0.4 is 10.5 Å². The minimum atomic E-state index is -1.23. The second kappa shape index (κ2) is 6.79. The summed E-state index contributed by atoms with van der Waals surface area (Å²) in [6, 6.07) is 3.28. The number of fused-ring (bicyclic) bond motifs is 1. The molecule has 0 fully saturated rings. The molecule has 3 N–H and O–H groups in total. The lowest BCUT2D eigenvalue weighted by Gasteiger charge is -2.46. The third-order valence-corrected chi connectivity index (χ3v) is 3.92. The van der Waals surface area contributed by atoms with Crippen LogP contribution in [0.3, 0.4) is 0 Å². The molecule has 0 aromatic heterocycles. The summed E-state index contributed by atoms with van der Waals surface area (Å²) in [7, 11) is 0. The number of nitrogens with zero attached hydrogens (tertiary/aromatic N) is 1. The third kappa shape index (κ3) is 3.16. The lowest BCUT2D eigenvalue weighted by Crippen LogP contribution is -2.61. The highest BCUT2D eigenvalue weighted by atomic mass is 16.7. The lowest BCUT2D eigenvalue weighted by molar-refractivity contribution is -0.385. The van der Waals surface area contributed by atoms with Crippen LogP contribution in [0.4, 0.5) is 5.69 Å². The number of hydrogen-bond acceptors (Lipinski definition) is 7. The first-order valence-corrected chi connectivity index (χ1v) is 7.49. The molecule has 23 heavy (non-hydrogen) atoms. The fourth-order valence-electron chi connectivity index (χ4n) is 2.70. The molecule has 8 nitrogen and oxygen atoms in total. The number of nitro groups is 1. The Hall–Kier alpha value is -1.74. The summed E-state index contributed by atoms with van der Waals surface area (Å²) < 4.78 is 17.0. The molecule has 8 heteroatoms. The van der Waals surface area contributed by atoms with E-state index in [0.29, 0.717) is 24.5 Å². The molecule has 1 heterocycles. The Morgan fingerprint density at radius 3 is 2.57 bits per heavy atom. The SMILES string of the molecule is CCOC(OCC)[C@@]1(C)Oc2ccc([N+](=O)[O-])cc2[C@@H](N)[C@@H]1O. The first kappa shape index (κ1) is 17.6. The highest BCUT2D eigenvalue weighted by Gasteiger charge is 2.51. The Morgan fingerprint density at radius 2 is 2.04 bits per heavy atom. The van der Waals surface area contributed by atoms with Gasteiger partial charge in [-0.2, -0.15) is 0 Å². The van der Waals surface area contributed by atoms with Crippen molar-refractivity contribution in [1.29, 1.82) is 0 Å². The highest BCUT2D eigenvalue weighted by molar-refractivity contribution is 5.48. The molecule has 1 aromatic rings. The zero-order valence-electron chi connectivity index (χ0n) is 13.4. The largest absolute Gasteiger partial charge is 0.479 e. The Bertz CT molecular complexity index is 575. The van der Waals surface area contributed by atoms with Crippen molar-refractivity contribution in [2.45, 2.75) is 44.8 Å². The zero-order chi connectivity index (χ0) is 17.2. The van der Waals surface area contributed by atoms with E-state index in [2.05, 4.69) is 0 Å². The van der Waals surface area contributed by atoms with Crippen LogP contribution in [-0.4, -0.2) is 41.2 Å². The van der Waals surface area contributed by atoms with E-state index < -0.39 is 29.0 Å². The Labute approximate surface area is 134 Å². The summed E-state index contributed by atoms with van der Waals surface area (Å²) >= 11 is 0. The molecule has 0 aliphatic carbocycles. The van der Waals surface area contributed by atoms with Gasteiger partial charge in [-0.25, -0.2) is 0 Å². The smallest absolute Gasteiger partial charge is 0.270 e. The van der Waals surface area contributed by atoms with Crippen molar-refractivity contribution >= 4 is 5.69 Å². The van der Waals surface area contributed by atoms with Crippen molar-refractivity contribution in [3.05, 3.63) is 33.9 Å². The second-order valence-electron chi connectivity index (χ2n) is 5.48. The van der Waals surface area contributed by atoms with Crippen LogP contribution in [-0.2, 0) is 9.47 Å². The minimum absolute atomic E-state index is 0.107. The molecule has 2 rings (SSSR count). The number of benzene rings is 1. The fourth-order valence-corrected chi connectivity index (χ4v) is 2.70. The van der Waals surface area contributed by atoms with Gasteiger partial charge in [0.2, 0.25) is 0 Å². The van der Waals surface area contributed by atoms with Crippen molar-refractivity contribution in [1.82, 2.24) is 0 Å². The predicted octanol–water partition coefficient (Wildman–Crippen LogP) is 1.51. The standard InChI is InChI=1S/C15H22N2O6/c1-4-21-14(22-5-2)15(3)13(18)12(16)10-8-9(17(19)20)6-7-11(10)23-15/h6-8,12-14,18H,4-5,16H2,1-3H3/t12-,13+,15+/m1/s1. The van der Waals surface area contributed by atoms with Crippen LogP contribution in [0.2, 0.25) is 0 Å². The van der Waals surface area contributed by atoms with Gasteiger partial charge in [0.1, 0.15) is 11.9 Å². The van der Waals surface area contributed by atoms with Crippen molar-refractivity contribution in [2.24, 2.45) is 5.73 Å². The molecule has 0 saturated heterocycles. The average molecular weight is 326 g/mol. The fraction of sp³-hybridized carbons (Fsp3) is 0.600. The zero-order valence-corrected chi connectivity index (χ0v) is 13.4. The van der Waals surface area contributed by atoms with Crippen LogP contribution >= 0.6 is 0 Å². The summed E-state index contributed by atoms with van der Waals surface area (Å²) in [5.74, 6) is 0.375. The number of ether oxygens (including phenoxy) is 3. The number of non-ortho nitro benzene ring substituents is 1. The monoisotopic (exact) mass is 326 g/mol. The number of nitro benzene ring substituents is 1. The second-order valence-corrected chi connectivity index (χ2v) is 5.48. The van der Waals surface area contributed by atoms with Crippen molar-refractivity contribution in [2.75, 3.05) is 13.2 Å². The number of rotatable bonds is 6. The van der Waals surface area contributed by atoms with E-state index >= 15 is 0 Å². The molecule has 0 spiro atoms. The van der Waals surface area contributed by atoms with E-state index in [1.165, 1.54) is 18.2 Å². The van der Waals surface area contributed by atoms with Crippen LogP contribution in [0.25, 0.3) is 0 Å². The van der Waals surface area contributed by atoms with Crippen molar-refractivity contribution < 1.29 is 24.2 Å². The number of nitrogens with two attached hydrogens (primary N) is 1. The number of aliphatic hydroxyl groups excluding tert-OH is 1. The maximum absolute atomic E-state index is 10.9. The molecule has 1 aliphatic heterocycles. The van der Waals surface area contributed by atoms with Crippen LogP contribution in [0, 0.1) is 10.1 Å². The molecule has 0 unspecified atom stereocenters. The Kier molecular flexibility index (Phi) is 5.20. The van der Waals surface area contributed by atoms with Gasteiger partial charge in [-0.15, -0.1) is 0 Å². The number of aliphatic hydroxyl groups is 1. The molecule has 0 radical (unpaired) electrons. The molecule has 3 atom stereocenters. The lowest BCUT2D eigenvalue weighted by atomic mass is 9.85. The normalized spacial score (nSPS) is 26.7. The summed E-state index contributed by atoms with van der Waals surface area (Å²) in [5.41, 5.74) is 5.15. The summed E-state index contributed by atoms with van der Waals surface area (Å²) in [6.07, 6.45) is -1.97. The molecule has 0 saturated carbocycles. The van der Waals surface area contributed by atoms with Gasteiger partial charge in [0.25, 0.3) is 5.69 Å². The summed E-state index contributed by atoms with van der Waals surface area (Å²) in [6.45, 7) is 6.01. The van der Waals surface area contributed by atoms with Gasteiger partial charge in [-0.1, -0.05) is 0 Å². The van der Waals surface area contributed by atoms with Gasteiger partial charge >= 0.3 is 0 Å². The first-order chi connectivity index (χ1) is 10.8. The summed E-state index contributed by atoms with van der Waals surface area (Å²) in [5, 5.41) is 21.5. The maximum Gasteiger partial charge on any atom is 0.270 e. The molecule has 1 aromatic carbocycles. The van der Waals surface area contributed by atoms with Gasteiger partial charge in [-0.3, -0.25) is 10.1 Å². The highest BCUT2D eigenvalue weighted by Crippen LogP contribution is 2.42. The van der Waals surface area contributed by atoms with E-state index in [1.807, 2.05) is 13.8 Å². The summed E-state index contributed by atoms with van der Waals surface area (Å²) in [4.78, 5) is 10.4. The van der Waals surface area contributed by atoms with E-state index in [-0.39, 0.29) is 5.69 Å². The maximum atomic E-state index is 10.9. The Balaban J connectivity index is 2.42. The van der Waals surface area contributed by atoms with Crippen molar-refractivity contribution in [3.63, 3.8) is 0 Å². The third-order valence-electron chi connectivity index (χ3n) is 3.92. The van der Waals surface area contributed by atoms with E-state index in [0.717, 1.165) is 0 Å². The first-order valence-electron chi connectivity index (χ1n) is 7.49. The van der Waals surface area contributed by atoms with Gasteiger partial charge < -0.3 is 25.1 Å². The minimum Gasteiger partial charge on any atom is -0.479 e. The predicted molar refractivity (Wildman–Crippen MR) is 82.1 cm³/mol. The van der Waals surface area contributed by atoms with Gasteiger partial charge in [-0.05, 0) is 26.8 Å². The molecule has 0 bridgehead atoms. The molecule has 128 valence electrons. The molecular formula is C15H22N2O6. The molecular weight excluding hydrogens is 304 g/mol. The van der Waals surface area contributed by atoms with Gasteiger partial charge in [0.05, 0.1) is 11.0 Å². The van der Waals surface area contributed by atoms with Crippen LogP contribution in [0.1, 0.15) is 32.4 Å². The van der Waals surface area contributed by atoms with E-state index in [4.69, 9.17) is 19.9 Å². The van der Waals surface area contributed by atoms with E-state index in [1.54, 1.807) is 6.92 Å². The van der Waals surface area contributed by atoms with Crippen LogP contribution in [0.15, 0.2) is 18.2 Å². The van der Waals surface area contributed by atoms with Gasteiger partial charge in [0, 0.05) is 30.9 Å². The molecule has 0 amide bonds. The average Bonchev–Trinajstić information content (AvgIpc) is 2.52. The van der Waals surface area contributed by atoms with Gasteiger partial charge in [0.15, 0.2) is 11.9 Å².